The molecular weight excluding hydrogens is 296 g/mol. The molecule has 0 atom stereocenters. The summed E-state index contributed by atoms with van der Waals surface area (Å²) in [6.45, 7) is 1.60. The largest absolute Gasteiger partial charge is 0.300 e. The van der Waals surface area contributed by atoms with Gasteiger partial charge in [0.15, 0.2) is 0 Å². The van der Waals surface area contributed by atoms with E-state index >= 15 is 0 Å². The van der Waals surface area contributed by atoms with Gasteiger partial charge in [-0.25, -0.2) is 0 Å². The third-order valence-corrected chi connectivity index (χ3v) is 3.06. The molecule has 0 fully saturated rings. The molecule has 0 aliphatic carbocycles. The van der Waals surface area contributed by atoms with Crippen LogP contribution in [0.1, 0.15) is 18.1 Å². The molecule has 0 aromatic heterocycles. The first-order valence-electron chi connectivity index (χ1n) is 3.96. The summed E-state index contributed by atoms with van der Waals surface area (Å²) in [6.07, 6.45) is 0.515. The molecule has 0 bridgehead atoms. The van der Waals surface area contributed by atoms with Crippen molar-refractivity contribution in [2.75, 3.05) is 0 Å². The van der Waals surface area contributed by atoms with Gasteiger partial charge in [-0.1, -0.05) is 44.0 Å². The number of carbonyl (C=O) groups excluding carboxylic acids is 1. The highest BCUT2D eigenvalue weighted by atomic mass is 79.9. The van der Waals surface area contributed by atoms with Crippen LogP contribution in [-0.2, 0) is 16.5 Å². The van der Waals surface area contributed by atoms with Crippen LogP contribution >= 0.6 is 31.9 Å². The summed E-state index contributed by atoms with van der Waals surface area (Å²) in [6, 6.07) is 6.01. The van der Waals surface area contributed by atoms with Gasteiger partial charge in [-0.3, -0.25) is 4.79 Å². The fourth-order valence-corrected chi connectivity index (χ4v) is 2.53. The Hall–Kier alpha value is -0.150. The van der Waals surface area contributed by atoms with Crippen LogP contribution in [0.15, 0.2) is 22.7 Å². The van der Waals surface area contributed by atoms with Crippen molar-refractivity contribution in [3.05, 3.63) is 33.8 Å². The lowest BCUT2D eigenvalue weighted by Gasteiger charge is -2.03. The van der Waals surface area contributed by atoms with E-state index in [0.717, 1.165) is 15.4 Å². The first-order valence-corrected chi connectivity index (χ1v) is 5.87. The summed E-state index contributed by atoms with van der Waals surface area (Å²) in [7, 11) is 0. The number of Topliss-reactive ketones (excluding diaryl/α,β-unsaturated/α-hetero) is 1. The molecule has 3 heteroatoms. The molecule has 13 heavy (non-hydrogen) atoms. The Morgan fingerprint density at radius 2 is 2.15 bits per heavy atom. The number of hydrogen-bond donors (Lipinski definition) is 0. The molecule has 1 aromatic carbocycles. The van der Waals surface area contributed by atoms with Gasteiger partial charge in [0.2, 0.25) is 0 Å². The van der Waals surface area contributed by atoms with E-state index in [0.29, 0.717) is 6.42 Å². The van der Waals surface area contributed by atoms with Gasteiger partial charge in [0.1, 0.15) is 5.78 Å². The highest BCUT2D eigenvalue weighted by Gasteiger charge is 2.01. The van der Waals surface area contributed by atoms with E-state index in [1.807, 2.05) is 18.2 Å². The number of halogens is 2. The molecule has 0 radical (unpaired) electrons. The number of carbonyl (C=O) groups is 1. The Morgan fingerprint density at radius 1 is 1.46 bits per heavy atom. The minimum atomic E-state index is 0.193. The lowest BCUT2D eigenvalue weighted by atomic mass is 10.1. The fraction of sp³-hybridized carbons (Fsp3) is 0.300. The van der Waals surface area contributed by atoms with Gasteiger partial charge in [-0.2, -0.15) is 0 Å². The van der Waals surface area contributed by atoms with E-state index in [-0.39, 0.29) is 5.78 Å². The maximum Gasteiger partial charge on any atom is 0.134 e. The zero-order valence-electron chi connectivity index (χ0n) is 7.31. The lowest BCUT2D eigenvalue weighted by Crippen LogP contribution is -1.96. The molecule has 0 saturated heterocycles. The average molecular weight is 306 g/mol. The molecule has 0 N–H and O–H groups in total. The van der Waals surface area contributed by atoms with E-state index < -0.39 is 0 Å². The normalized spacial score (nSPS) is 10.1. The van der Waals surface area contributed by atoms with E-state index in [1.165, 1.54) is 5.56 Å². The Balaban J connectivity index is 2.89. The highest BCUT2D eigenvalue weighted by molar-refractivity contribution is 9.10. The predicted octanol–water partition coefficient (Wildman–Crippen LogP) is 3.48. The van der Waals surface area contributed by atoms with Gasteiger partial charge in [-0.05, 0) is 24.1 Å². The first kappa shape index (κ1) is 10.9. The van der Waals surface area contributed by atoms with E-state index in [4.69, 9.17) is 0 Å². The number of alkyl halides is 1. The van der Waals surface area contributed by atoms with Crippen LogP contribution in [0.25, 0.3) is 0 Å². The smallest absolute Gasteiger partial charge is 0.134 e. The van der Waals surface area contributed by atoms with Crippen molar-refractivity contribution in [3.63, 3.8) is 0 Å². The topological polar surface area (TPSA) is 17.1 Å². The summed E-state index contributed by atoms with van der Waals surface area (Å²) in [5.74, 6) is 0.193. The summed E-state index contributed by atoms with van der Waals surface area (Å²) in [5, 5.41) is 0.827. The SMILES string of the molecule is CC(=O)Cc1ccc(CBr)c(Br)c1. The number of hydrogen-bond acceptors (Lipinski definition) is 1. The van der Waals surface area contributed by atoms with Crippen molar-refractivity contribution in [2.24, 2.45) is 0 Å². The van der Waals surface area contributed by atoms with Crippen LogP contribution in [0.5, 0.6) is 0 Å². The van der Waals surface area contributed by atoms with Crippen LogP contribution < -0.4 is 0 Å². The van der Waals surface area contributed by atoms with Crippen molar-refractivity contribution < 1.29 is 4.79 Å². The molecule has 1 nitrogen and oxygen atoms in total. The van der Waals surface area contributed by atoms with Gasteiger partial charge in [-0.15, -0.1) is 0 Å². The van der Waals surface area contributed by atoms with Crippen molar-refractivity contribution >= 4 is 37.6 Å². The molecule has 0 aliphatic rings. The second-order valence-electron chi connectivity index (χ2n) is 2.94. The van der Waals surface area contributed by atoms with Crippen molar-refractivity contribution in [2.45, 2.75) is 18.7 Å². The molecule has 0 amide bonds. The number of rotatable bonds is 3. The van der Waals surface area contributed by atoms with Gasteiger partial charge in [0, 0.05) is 16.2 Å². The Labute approximate surface area is 94.8 Å². The third kappa shape index (κ3) is 3.24. The van der Waals surface area contributed by atoms with Gasteiger partial charge < -0.3 is 0 Å². The van der Waals surface area contributed by atoms with E-state index in [2.05, 4.69) is 31.9 Å². The summed E-state index contributed by atoms with van der Waals surface area (Å²) >= 11 is 6.84. The minimum Gasteiger partial charge on any atom is -0.300 e. The van der Waals surface area contributed by atoms with Gasteiger partial charge >= 0.3 is 0 Å². The monoisotopic (exact) mass is 304 g/mol. The molecule has 70 valence electrons. The molecule has 0 heterocycles. The van der Waals surface area contributed by atoms with Crippen molar-refractivity contribution in [1.29, 1.82) is 0 Å². The lowest BCUT2D eigenvalue weighted by molar-refractivity contribution is -0.116. The summed E-state index contributed by atoms with van der Waals surface area (Å²) < 4.78 is 1.06. The maximum atomic E-state index is 10.9. The maximum absolute atomic E-state index is 10.9. The Morgan fingerprint density at radius 3 is 2.62 bits per heavy atom. The van der Waals surface area contributed by atoms with Crippen LogP contribution in [0.3, 0.4) is 0 Å². The molecule has 1 rings (SSSR count). The van der Waals surface area contributed by atoms with Gasteiger partial charge in [0.05, 0.1) is 0 Å². The second-order valence-corrected chi connectivity index (χ2v) is 4.35. The molecule has 1 aromatic rings. The zero-order valence-corrected chi connectivity index (χ0v) is 10.5. The average Bonchev–Trinajstić information content (AvgIpc) is 2.03. The van der Waals surface area contributed by atoms with Crippen molar-refractivity contribution in [1.82, 2.24) is 0 Å². The first-order chi connectivity index (χ1) is 6.13. The number of ketones is 1. The highest BCUT2D eigenvalue weighted by Crippen LogP contribution is 2.21. The molecular formula is C10H10Br2O. The third-order valence-electron chi connectivity index (χ3n) is 1.71. The van der Waals surface area contributed by atoms with E-state index in [9.17, 15) is 4.79 Å². The Kier molecular flexibility index (Phi) is 4.13. The second kappa shape index (κ2) is 4.91. The minimum absolute atomic E-state index is 0.193. The Bertz CT molecular complexity index is 321. The molecule has 0 spiro atoms. The van der Waals surface area contributed by atoms with Crippen LogP contribution in [0, 0.1) is 0 Å². The number of benzene rings is 1. The van der Waals surface area contributed by atoms with Crippen LogP contribution in [0.4, 0.5) is 0 Å². The van der Waals surface area contributed by atoms with Crippen LogP contribution in [-0.4, -0.2) is 5.78 Å². The van der Waals surface area contributed by atoms with Crippen molar-refractivity contribution in [3.8, 4) is 0 Å². The molecule has 0 saturated carbocycles. The van der Waals surface area contributed by atoms with Crippen LogP contribution in [0.2, 0.25) is 0 Å². The fourth-order valence-electron chi connectivity index (χ4n) is 1.10. The zero-order chi connectivity index (χ0) is 9.84. The summed E-state index contributed by atoms with van der Waals surface area (Å²) in [4.78, 5) is 10.9. The molecule has 0 unspecified atom stereocenters. The van der Waals surface area contributed by atoms with Gasteiger partial charge in [0.25, 0.3) is 0 Å². The van der Waals surface area contributed by atoms with E-state index in [1.54, 1.807) is 6.92 Å². The molecule has 0 aliphatic heterocycles. The summed E-state index contributed by atoms with van der Waals surface area (Å²) in [5.41, 5.74) is 2.26. The standard InChI is InChI=1S/C10H10Br2O/c1-7(13)4-8-2-3-9(6-11)10(12)5-8/h2-3,5H,4,6H2,1H3. The predicted molar refractivity (Wildman–Crippen MR) is 61.2 cm³/mol. The quantitative estimate of drug-likeness (QED) is 0.782.